The lowest BCUT2D eigenvalue weighted by Crippen LogP contribution is -2.40. The fraction of sp³-hybridized carbons (Fsp3) is 0.359. The smallest absolute Gasteiger partial charge is 0.251 e. The number of rotatable bonds is 11. The molecule has 6 rings (SSSR count). The number of benzene rings is 4. The molecule has 0 aromatic heterocycles. The summed E-state index contributed by atoms with van der Waals surface area (Å²) in [6, 6.07) is 37.6. The first kappa shape index (κ1) is 31.3. The Labute approximate surface area is 273 Å². The number of likely N-dealkylation sites (tertiary alicyclic amines) is 2. The second-order valence-electron chi connectivity index (χ2n) is 12.6. The number of halogens is 1. The topological polar surface area (TPSA) is 44.8 Å². The first-order valence-electron chi connectivity index (χ1n) is 16.4. The van der Waals surface area contributed by atoms with Crippen LogP contribution in [0.1, 0.15) is 58.6 Å². The number of piperidine rings is 2. The summed E-state index contributed by atoms with van der Waals surface area (Å²) in [6.07, 6.45) is 4.28. The first-order valence-corrected chi connectivity index (χ1v) is 16.8. The van der Waals surface area contributed by atoms with Crippen molar-refractivity contribution in [2.75, 3.05) is 39.3 Å². The number of carbonyl (C=O) groups excluding carboxylic acids is 1. The molecule has 1 amide bonds. The molecule has 6 heteroatoms. The standard InChI is InChI=1S/C39H44ClN3O2/c40-37-25-34(39(44)41-26-31-13-10-22-43(28-31)27-30-11-4-1-5-12-30)18-19-38(37)45-35-20-23-42(24-21-35)29-36(32-14-6-2-7-15-32)33-16-8-3-9-17-33/h1-9,11-12,14-19,25,31,35-36H,10,13,20-24,26-29H2,(H,41,44). The molecule has 0 spiro atoms. The van der Waals surface area contributed by atoms with E-state index < -0.39 is 0 Å². The van der Waals surface area contributed by atoms with Crippen LogP contribution in [0.2, 0.25) is 5.02 Å². The molecular weight excluding hydrogens is 578 g/mol. The SMILES string of the molecule is O=C(NCC1CCCN(Cc2ccccc2)C1)c1ccc(OC2CCN(CC(c3ccccc3)c3ccccc3)CC2)c(Cl)c1. The van der Waals surface area contributed by atoms with Gasteiger partial charge in [-0.15, -0.1) is 0 Å². The van der Waals surface area contributed by atoms with Crippen LogP contribution in [0.25, 0.3) is 0 Å². The molecule has 0 saturated carbocycles. The molecule has 2 fully saturated rings. The minimum absolute atomic E-state index is 0.0803. The maximum atomic E-state index is 13.0. The van der Waals surface area contributed by atoms with Crippen LogP contribution in [0.15, 0.2) is 109 Å². The average Bonchev–Trinajstić information content (AvgIpc) is 3.09. The Bertz CT molecular complexity index is 1450. The Kier molecular flexibility index (Phi) is 10.8. The summed E-state index contributed by atoms with van der Waals surface area (Å²) in [5.41, 5.74) is 4.61. The minimum atomic E-state index is -0.0803. The van der Waals surface area contributed by atoms with Gasteiger partial charge in [0.15, 0.2) is 0 Å². The van der Waals surface area contributed by atoms with Crippen LogP contribution in [0.5, 0.6) is 5.75 Å². The summed E-state index contributed by atoms with van der Waals surface area (Å²) in [4.78, 5) is 18.1. The summed E-state index contributed by atoms with van der Waals surface area (Å²) in [7, 11) is 0. The Morgan fingerprint density at radius 3 is 2.09 bits per heavy atom. The van der Waals surface area contributed by atoms with Gasteiger partial charge in [-0.3, -0.25) is 9.69 Å². The first-order chi connectivity index (χ1) is 22.1. The van der Waals surface area contributed by atoms with Crippen molar-refractivity contribution >= 4 is 17.5 Å². The molecule has 4 aromatic rings. The molecule has 1 atom stereocenters. The van der Waals surface area contributed by atoms with Crippen LogP contribution in [0, 0.1) is 5.92 Å². The van der Waals surface area contributed by atoms with Crippen LogP contribution in [0.3, 0.4) is 0 Å². The number of hydrogen-bond donors (Lipinski definition) is 1. The molecule has 2 heterocycles. The Morgan fingerprint density at radius 1 is 0.800 bits per heavy atom. The summed E-state index contributed by atoms with van der Waals surface area (Å²) in [6.45, 7) is 6.68. The second-order valence-corrected chi connectivity index (χ2v) is 13.0. The van der Waals surface area contributed by atoms with E-state index in [0.717, 1.165) is 65.0 Å². The average molecular weight is 622 g/mol. The summed E-state index contributed by atoms with van der Waals surface area (Å²) in [5.74, 6) is 1.36. The molecule has 1 unspecified atom stereocenters. The zero-order chi connectivity index (χ0) is 30.8. The van der Waals surface area contributed by atoms with E-state index in [9.17, 15) is 4.79 Å². The molecule has 1 N–H and O–H groups in total. The van der Waals surface area contributed by atoms with E-state index in [0.29, 0.717) is 34.7 Å². The van der Waals surface area contributed by atoms with Crippen molar-refractivity contribution in [3.05, 3.63) is 136 Å². The van der Waals surface area contributed by atoms with Crippen LogP contribution in [-0.2, 0) is 6.54 Å². The van der Waals surface area contributed by atoms with E-state index in [1.54, 1.807) is 6.07 Å². The fourth-order valence-electron chi connectivity index (χ4n) is 6.80. The predicted octanol–water partition coefficient (Wildman–Crippen LogP) is 7.66. The van der Waals surface area contributed by atoms with Crippen molar-refractivity contribution in [2.45, 2.75) is 44.2 Å². The van der Waals surface area contributed by atoms with Gasteiger partial charge in [0.05, 0.1) is 5.02 Å². The molecule has 2 aliphatic heterocycles. The van der Waals surface area contributed by atoms with Gasteiger partial charge in [-0.1, -0.05) is 103 Å². The van der Waals surface area contributed by atoms with Gasteiger partial charge < -0.3 is 15.0 Å². The third kappa shape index (κ3) is 8.76. The van der Waals surface area contributed by atoms with E-state index in [1.807, 2.05) is 12.1 Å². The lowest BCUT2D eigenvalue weighted by atomic mass is 9.90. The van der Waals surface area contributed by atoms with Crippen molar-refractivity contribution in [1.29, 1.82) is 0 Å². The van der Waals surface area contributed by atoms with Gasteiger partial charge >= 0.3 is 0 Å². The third-order valence-corrected chi connectivity index (χ3v) is 9.57. The molecule has 4 aromatic carbocycles. The van der Waals surface area contributed by atoms with E-state index in [4.69, 9.17) is 16.3 Å². The second kappa shape index (κ2) is 15.6. The third-order valence-electron chi connectivity index (χ3n) is 9.27. The largest absolute Gasteiger partial charge is 0.489 e. The minimum Gasteiger partial charge on any atom is -0.489 e. The highest BCUT2D eigenvalue weighted by Gasteiger charge is 2.25. The molecular formula is C39H44ClN3O2. The van der Waals surface area contributed by atoms with Crippen molar-refractivity contribution < 1.29 is 9.53 Å². The van der Waals surface area contributed by atoms with Gasteiger partial charge in [-0.25, -0.2) is 0 Å². The monoisotopic (exact) mass is 621 g/mol. The van der Waals surface area contributed by atoms with Crippen molar-refractivity contribution in [3.63, 3.8) is 0 Å². The number of nitrogens with zero attached hydrogens (tertiary/aromatic N) is 2. The number of nitrogens with one attached hydrogen (secondary N) is 1. The highest BCUT2D eigenvalue weighted by atomic mass is 35.5. The number of ether oxygens (including phenoxy) is 1. The Hall–Kier alpha value is -3.64. The van der Waals surface area contributed by atoms with Gasteiger partial charge in [-0.05, 0) is 73.0 Å². The van der Waals surface area contributed by atoms with Crippen LogP contribution >= 0.6 is 11.6 Å². The van der Waals surface area contributed by atoms with E-state index in [2.05, 4.69) is 106 Å². The molecule has 2 saturated heterocycles. The summed E-state index contributed by atoms with van der Waals surface area (Å²) in [5, 5.41) is 3.65. The molecule has 5 nitrogen and oxygen atoms in total. The van der Waals surface area contributed by atoms with Crippen molar-refractivity contribution in [3.8, 4) is 5.75 Å². The quantitative estimate of drug-likeness (QED) is 0.187. The number of amides is 1. The molecule has 2 aliphatic rings. The van der Waals surface area contributed by atoms with Gasteiger partial charge in [0, 0.05) is 50.7 Å². The lowest BCUT2D eigenvalue weighted by Gasteiger charge is -2.35. The van der Waals surface area contributed by atoms with Gasteiger partial charge in [0.1, 0.15) is 11.9 Å². The fourth-order valence-corrected chi connectivity index (χ4v) is 7.03. The zero-order valence-electron chi connectivity index (χ0n) is 26.0. The lowest BCUT2D eigenvalue weighted by molar-refractivity contribution is 0.0929. The maximum Gasteiger partial charge on any atom is 0.251 e. The van der Waals surface area contributed by atoms with E-state index >= 15 is 0 Å². The molecule has 0 bridgehead atoms. The molecule has 0 radical (unpaired) electrons. The van der Waals surface area contributed by atoms with Gasteiger partial charge in [0.25, 0.3) is 5.91 Å². The Morgan fingerprint density at radius 2 is 1.44 bits per heavy atom. The highest BCUT2D eigenvalue weighted by Crippen LogP contribution is 2.30. The molecule has 0 aliphatic carbocycles. The van der Waals surface area contributed by atoms with E-state index in [-0.39, 0.29) is 12.0 Å². The van der Waals surface area contributed by atoms with Gasteiger partial charge in [-0.2, -0.15) is 0 Å². The molecule has 45 heavy (non-hydrogen) atoms. The Balaban J connectivity index is 0.970. The predicted molar refractivity (Wildman–Crippen MR) is 183 cm³/mol. The van der Waals surface area contributed by atoms with Crippen LogP contribution in [-0.4, -0.2) is 61.1 Å². The highest BCUT2D eigenvalue weighted by molar-refractivity contribution is 6.32. The zero-order valence-corrected chi connectivity index (χ0v) is 26.7. The summed E-state index contributed by atoms with van der Waals surface area (Å²) < 4.78 is 6.36. The normalized spacial score (nSPS) is 18.1. The maximum absolute atomic E-state index is 13.0. The van der Waals surface area contributed by atoms with Crippen molar-refractivity contribution in [2.24, 2.45) is 5.92 Å². The number of hydrogen-bond acceptors (Lipinski definition) is 4. The van der Waals surface area contributed by atoms with Crippen LogP contribution in [0.4, 0.5) is 0 Å². The van der Waals surface area contributed by atoms with Crippen molar-refractivity contribution in [1.82, 2.24) is 15.1 Å². The summed E-state index contributed by atoms with van der Waals surface area (Å²) >= 11 is 6.65. The van der Waals surface area contributed by atoms with E-state index in [1.165, 1.54) is 16.7 Å². The van der Waals surface area contributed by atoms with Crippen LogP contribution < -0.4 is 10.1 Å². The molecule has 234 valence electrons. The van der Waals surface area contributed by atoms with Gasteiger partial charge in [0.2, 0.25) is 0 Å². The number of carbonyl (C=O) groups is 1.